The van der Waals surface area contributed by atoms with Crippen molar-refractivity contribution in [3.63, 3.8) is 0 Å². The number of aliphatic hydroxyl groups excluding tert-OH is 1. The summed E-state index contributed by atoms with van der Waals surface area (Å²) in [5.41, 5.74) is 1.15. The second-order valence-electron chi connectivity index (χ2n) is 4.31. The summed E-state index contributed by atoms with van der Waals surface area (Å²) in [4.78, 5) is 18.3. The van der Waals surface area contributed by atoms with Crippen molar-refractivity contribution in [3.8, 4) is 11.8 Å². The Labute approximate surface area is 117 Å². The van der Waals surface area contributed by atoms with Gasteiger partial charge in [-0.1, -0.05) is 11.8 Å². The van der Waals surface area contributed by atoms with Gasteiger partial charge in [0.15, 0.2) is 0 Å². The highest BCUT2D eigenvalue weighted by molar-refractivity contribution is 7.99. The van der Waals surface area contributed by atoms with Crippen molar-refractivity contribution in [3.05, 3.63) is 29.6 Å². The van der Waals surface area contributed by atoms with Crippen LogP contribution in [-0.2, 0) is 0 Å². The Bertz CT molecular complexity index is 504. The van der Waals surface area contributed by atoms with Crippen molar-refractivity contribution in [2.45, 2.75) is 13.0 Å². The number of hydrogen-bond donors (Lipinski definition) is 1. The average Bonchev–Trinajstić information content (AvgIpc) is 2.45. The number of amides is 1. The lowest BCUT2D eigenvalue weighted by Crippen LogP contribution is -2.44. The number of carbonyl (C=O) groups excluding carboxylic acids is 1. The Hall–Kier alpha value is -1.51. The monoisotopic (exact) mass is 276 g/mol. The van der Waals surface area contributed by atoms with E-state index in [0.717, 1.165) is 18.1 Å². The van der Waals surface area contributed by atoms with Gasteiger partial charge in [-0.05, 0) is 19.1 Å². The minimum absolute atomic E-state index is 0.0190. The molecule has 100 valence electrons. The van der Waals surface area contributed by atoms with Crippen LogP contribution in [0.4, 0.5) is 0 Å². The molecule has 4 nitrogen and oxygen atoms in total. The van der Waals surface area contributed by atoms with E-state index in [0.29, 0.717) is 11.3 Å². The molecule has 5 heteroatoms. The largest absolute Gasteiger partial charge is 0.384 e. The van der Waals surface area contributed by atoms with Crippen molar-refractivity contribution in [2.24, 2.45) is 0 Å². The molecule has 1 aliphatic heterocycles. The first-order valence-corrected chi connectivity index (χ1v) is 7.32. The van der Waals surface area contributed by atoms with Crippen LogP contribution in [0.25, 0.3) is 0 Å². The average molecular weight is 276 g/mol. The van der Waals surface area contributed by atoms with E-state index >= 15 is 0 Å². The van der Waals surface area contributed by atoms with E-state index in [1.807, 2.05) is 16.7 Å². The predicted octanol–water partition coefficient (Wildman–Crippen LogP) is 1.00. The third-order valence-corrected chi connectivity index (χ3v) is 4.11. The Morgan fingerprint density at radius 1 is 1.63 bits per heavy atom. The normalized spacial score (nSPS) is 18.6. The summed E-state index contributed by atoms with van der Waals surface area (Å²) in [7, 11) is 0. The standard InChI is InChI=1S/C14H16N2O2S/c1-11-10-19-8-6-16(11)14(18)13-5-4-12(9-15-13)3-2-7-17/h4-5,9,11,17H,6-8,10H2,1H3. The van der Waals surface area contributed by atoms with Crippen LogP contribution in [0, 0.1) is 11.8 Å². The van der Waals surface area contributed by atoms with Crippen molar-refractivity contribution < 1.29 is 9.90 Å². The van der Waals surface area contributed by atoms with E-state index in [1.54, 1.807) is 18.3 Å². The zero-order chi connectivity index (χ0) is 13.7. The van der Waals surface area contributed by atoms with E-state index in [1.165, 1.54) is 0 Å². The van der Waals surface area contributed by atoms with Crippen LogP contribution in [0.1, 0.15) is 23.0 Å². The summed E-state index contributed by atoms with van der Waals surface area (Å²) in [5, 5.41) is 8.61. The van der Waals surface area contributed by atoms with Gasteiger partial charge in [-0.3, -0.25) is 4.79 Å². The number of aliphatic hydroxyl groups is 1. The third-order valence-electron chi connectivity index (χ3n) is 2.92. The molecule has 0 aliphatic carbocycles. The van der Waals surface area contributed by atoms with Gasteiger partial charge in [0.25, 0.3) is 5.91 Å². The van der Waals surface area contributed by atoms with E-state index in [9.17, 15) is 4.79 Å². The molecular formula is C14H16N2O2S. The topological polar surface area (TPSA) is 53.4 Å². The molecular weight excluding hydrogens is 260 g/mol. The Balaban J connectivity index is 2.10. The van der Waals surface area contributed by atoms with Gasteiger partial charge >= 0.3 is 0 Å². The zero-order valence-corrected chi connectivity index (χ0v) is 11.6. The molecule has 1 aromatic heterocycles. The van der Waals surface area contributed by atoms with Gasteiger partial charge in [0.1, 0.15) is 12.3 Å². The maximum absolute atomic E-state index is 12.3. The van der Waals surface area contributed by atoms with Crippen molar-refractivity contribution in [2.75, 3.05) is 24.7 Å². The van der Waals surface area contributed by atoms with Crippen LogP contribution in [-0.4, -0.2) is 51.6 Å². The fourth-order valence-electron chi connectivity index (χ4n) is 1.91. The highest BCUT2D eigenvalue weighted by Gasteiger charge is 2.25. The van der Waals surface area contributed by atoms with E-state index < -0.39 is 0 Å². The Morgan fingerprint density at radius 3 is 3.11 bits per heavy atom. The number of rotatable bonds is 1. The van der Waals surface area contributed by atoms with Crippen LogP contribution < -0.4 is 0 Å². The smallest absolute Gasteiger partial charge is 0.272 e. The zero-order valence-electron chi connectivity index (χ0n) is 10.8. The molecule has 0 spiro atoms. The Kier molecular flexibility index (Phi) is 4.83. The van der Waals surface area contributed by atoms with Gasteiger partial charge in [-0.2, -0.15) is 11.8 Å². The molecule has 1 amide bonds. The van der Waals surface area contributed by atoms with Crippen molar-refractivity contribution >= 4 is 17.7 Å². The summed E-state index contributed by atoms with van der Waals surface area (Å²) in [6.07, 6.45) is 1.57. The molecule has 0 aromatic carbocycles. The number of thioether (sulfide) groups is 1. The SMILES string of the molecule is CC1CSCCN1C(=O)c1ccc(C#CCO)cn1. The molecule has 1 aliphatic rings. The number of nitrogens with zero attached hydrogens (tertiary/aromatic N) is 2. The van der Waals surface area contributed by atoms with Gasteiger partial charge in [0.05, 0.1) is 0 Å². The van der Waals surface area contributed by atoms with Gasteiger partial charge in [0.2, 0.25) is 0 Å². The van der Waals surface area contributed by atoms with Gasteiger partial charge in [-0.25, -0.2) is 4.98 Å². The summed E-state index contributed by atoms with van der Waals surface area (Å²) in [5.74, 6) is 7.25. The molecule has 0 bridgehead atoms. The minimum Gasteiger partial charge on any atom is -0.384 e. The quantitative estimate of drug-likeness (QED) is 0.778. The highest BCUT2D eigenvalue weighted by atomic mass is 32.2. The predicted molar refractivity (Wildman–Crippen MR) is 76.0 cm³/mol. The molecule has 1 saturated heterocycles. The maximum Gasteiger partial charge on any atom is 0.272 e. The van der Waals surface area contributed by atoms with Crippen molar-refractivity contribution in [1.82, 2.24) is 9.88 Å². The molecule has 1 unspecified atom stereocenters. The maximum atomic E-state index is 12.3. The summed E-state index contributed by atoms with van der Waals surface area (Å²) >= 11 is 1.87. The first kappa shape index (κ1) is 13.9. The lowest BCUT2D eigenvalue weighted by atomic mass is 10.2. The lowest BCUT2D eigenvalue weighted by molar-refractivity contribution is 0.0710. The second-order valence-corrected chi connectivity index (χ2v) is 5.46. The molecule has 1 fully saturated rings. The fourth-order valence-corrected chi connectivity index (χ4v) is 2.93. The van der Waals surface area contributed by atoms with Crippen LogP contribution in [0.3, 0.4) is 0 Å². The number of carbonyl (C=O) groups is 1. The van der Waals surface area contributed by atoms with Gasteiger partial charge < -0.3 is 10.0 Å². The number of pyridine rings is 1. The first-order valence-electron chi connectivity index (χ1n) is 6.17. The van der Waals surface area contributed by atoms with Crippen LogP contribution in [0.15, 0.2) is 18.3 Å². The lowest BCUT2D eigenvalue weighted by Gasteiger charge is -2.32. The molecule has 19 heavy (non-hydrogen) atoms. The molecule has 2 rings (SSSR count). The summed E-state index contributed by atoms with van der Waals surface area (Å²) < 4.78 is 0. The molecule has 2 heterocycles. The van der Waals surface area contributed by atoms with Crippen LogP contribution >= 0.6 is 11.8 Å². The van der Waals surface area contributed by atoms with E-state index in [2.05, 4.69) is 23.7 Å². The second kappa shape index (κ2) is 6.60. The van der Waals surface area contributed by atoms with Crippen LogP contribution in [0.5, 0.6) is 0 Å². The van der Waals surface area contributed by atoms with Gasteiger partial charge in [-0.15, -0.1) is 0 Å². The third kappa shape index (κ3) is 3.49. The van der Waals surface area contributed by atoms with E-state index in [4.69, 9.17) is 5.11 Å². The molecule has 1 atom stereocenters. The molecule has 1 aromatic rings. The molecule has 1 N–H and O–H groups in total. The number of aromatic nitrogens is 1. The van der Waals surface area contributed by atoms with Crippen molar-refractivity contribution in [1.29, 1.82) is 0 Å². The molecule has 0 saturated carbocycles. The summed E-state index contributed by atoms with van der Waals surface area (Å²) in [6, 6.07) is 3.70. The first-order chi connectivity index (χ1) is 9.22. The Morgan fingerprint density at radius 2 is 2.47 bits per heavy atom. The summed E-state index contributed by atoms with van der Waals surface area (Å²) in [6.45, 7) is 2.66. The number of hydrogen-bond acceptors (Lipinski definition) is 4. The fraction of sp³-hybridized carbons (Fsp3) is 0.429. The van der Waals surface area contributed by atoms with Crippen LogP contribution in [0.2, 0.25) is 0 Å². The van der Waals surface area contributed by atoms with E-state index in [-0.39, 0.29) is 18.6 Å². The minimum atomic E-state index is -0.177. The van der Waals surface area contributed by atoms with Gasteiger partial charge in [0, 0.05) is 35.9 Å². The molecule has 0 radical (unpaired) electrons. The highest BCUT2D eigenvalue weighted by Crippen LogP contribution is 2.18.